The molecule has 1 rings (SSSR count). The number of benzene rings is 1. The fraction of sp³-hybridized carbons (Fsp3) is 0.273. The van der Waals surface area contributed by atoms with E-state index in [1.165, 1.54) is 0 Å². The topological polar surface area (TPSA) is 40.9 Å². The smallest absolute Gasteiger partial charge is 0.253 e. The molecule has 2 nitrogen and oxygen atoms in total. The van der Waals surface area contributed by atoms with Gasteiger partial charge in [0.15, 0.2) is 0 Å². The predicted molar refractivity (Wildman–Crippen MR) is 60.3 cm³/mol. The van der Waals surface area contributed by atoms with Crippen LogP contribution in [0.2, 0.25) is 5.02 Å². The normalized spacial score (nSPS) is 11.9. The van der Waals surface area contributed by atoms with Gasteiger partial charge in [0.05, 0.1) is 22.6 Å². The average molecular weight is 242 g/mol. The van der Waals surface area contributed by atoms with Gasteiger partial charge in [-0.15, -0.1) is 0 Å². The first-order valence-electron chi connectivity index (χ1n) is 4.49. The van der Waals surface area contributed by atoms with Crippen LogP contribution in [0.4, 0.5) is 0 Å². The van der Waals surface area contributed by atoms with Crippen molar-refractivity contribution in [1.29, 1.82) is 5.26 Å². The van der Waals surface area contributed by atoms with Gasteiger partial charge in [-0.05, 0) is 29.7 Å². The molecule has 0 aliphatic rings. The van der Waals surface area contributed by atoms with E-state index in [4.69, 9.17) is 28.5 Å². The Hall–Kier alpha value is -1.04. The lowest BCUT2D eigenvalue weighted by Crippen LogP contribution is -1.99. The zero-order chi connectivity index (χ0) is 11.4. The molecule has 0 saturated heterocycles. The summed E-state index contributed by atoms with van der Waals surface area (Å²) >= 11 is 11.4. The molecule has 0 bridgehead atoms. The van der Waals surface area contributed by atoms with Crippen LogP contribution in [-0.4, -0.2) is 5.24 Å². The second-order valence-corrected chi connectivity index (χ2v) is 3.79. The van der Waals surface area contributed by atoms with Crippen LogP contribution < -0.4 is 0 Å². The molecule has 0 aromatic heterocycles. The predicted octanol–water partition coefficient (Wildman–Crippen LogP) is 3.74. The molecule has 1 aromatic carbocycles. The maximum absolute atomic E-state index is 11.0. The third-order valence-corrected chi connectivity index (χ3v) is 2.81. The van der Waals surface area contributed by atoms with E-state index < -0.39 is 5.24 Å². The van der Waals surface area contributed by atoms with E-state index in [1.54, 1.807) is 18.2 Å². The molecule has 0 heterocycles. The van der Waals surface area contributed by atoms with Crippen molar-refractivity contribution in [1.82, 2.24) is 0 Å². The highest BCUT2D eigenvalue weighted by atomic mass is 35.5. The van der Waals surface area contributed by atoms with E-state index in [0.29, 0.717) is 12.0 Å². The highest BCUT2D eigenvalue weighted by molar-refractivity contribution is 6.68. The van der Waals surface area contributed by atoms with Gasteiger partial charge in [-0.2, -0.15) is 5.26 Å². The number of nitrogens with zero attached hydrogens (tertiary/aromatic N) is 1. The standard InChI is InChI=1S/C11H9Cl2NO/c1-2-7(6-14)8-4-3-5-9(10(8)12)11(13)15/h3-5,7H,2H2,1H3. The Morgan fingerprint density at radius 1 is 1.60 bits per heavy atom. The monoisotopic (exact) mass is 241 g/mol. The fourth-order valence-electron chi connectivity index (χ4n) is 1.35. The van der Waals surface area contributed by atoms with E-state index in [2.05, 4.69) is 6.07 Å². The quantitative estimate of drug-likeness (QED) is 0.757. The van der Waals surface area contributed by atoms with Gasteiger partial charge in [0.1, 0.15) is 0 Å². The largest absolute Gasteiger partial charge is 0.276 e. The highest BCUT2D eigenvalue weighted by Gasteiger charge is 2.16. The third-order valence-electron chi connectivity index (χ3n) is 2.18. The molecule has 0 amide bonds. The minimum Gasteiger partial charge on any atom is -0.276 e. The Morgan fingerprint density at radius 2 is 2.27 bits per heavy atom. The van der Waals surface area contributed by atoms with Gasteiger partial charge in [0.2, 0.25) is 0 Å². The Bertz CT molecular complexity index is 423. The average Bonchev–Trinajstić information content (AvgIpc) is 2.21. The second-order valence-electron chi connectivity index (χ2n) is 3.07. The molecule has 0 spiro atoms. The van der Waals surface area contributed by atoms with Crippen LogP contribution in [0.5, 0.6) is 0 Å². The number of halogens is 2. The summed E-state index contributed by atoms with van der Waals surface area (Å²) in [5, 5.41) is 8.59. The zero-order valence-electron chi connectivity index (χ0n) is 8.13. The van der Waals surface area contributed by atoms with Gasteiger partial charge >= 0.3 is 0 Å². The molecule has 0 aliphatic heterocycles. The molecule has 1 unspecified atom stereocenters. The van der Waals surface area contributed by atoms with Crippen molar-refractivity contribution in [2.75, 3.05) is 0 Å². The molecule has 15 heavy (non-hydrogen) atoms. The number of hydrogen-bond donors (Lipinski definition) is 0. The Morgan fingerprint density at radius 3 is 2.73 bits per heavy atom. The zero-order valence-corrected chi connectivity index (χ0v) is 9.64. The van der Waals surface area contributed by atoms with Gasteiger partial charge in [0.25, 0.3) is 5.24 Å². The first-order valence-corrected chi connectivity index (χ1v) is 5.25. The lowest BCUT2D eigenvalue weighted by atomic mass is 9.96. The second kappa shape index (κ2) is 5.16. The van der Waals surface area contributed by atoms with E-state index in [-0.39, 0.29) is 16.5 Å². The third kappa shape index (κ3) is 2.50. The van der Waals surface area contributed by atoms with Crippen LogP contribution in [0.15, 0.2) is 18.2 Å². The van der Waals surface area contributed by atoms with Crippen LogP contribution in [0.1, 0.15) is 35.2 Å². The number of carbonyl (C=O) groups excluding carboxylic acids is 1. The minimum absolute atomic E-state index is 0.254. The maximum Gasteiger partial charge on any atom is 0.253 e. The first kappa shape index (κ1) is 12.0. The van der Waals surface area contributed by atoms with Crippen LogP contribution in [0, 0.1) is 11.3 Å². The minimum atomic E-state index is -0.602. The summed E-state index contributed by atoms with van der Waals surface area (Å²) in [6.45, 7) is 1.89. The molecule has 0 aliphatic carbocycles. The summed E-state index contributed by atoms with van der Waals surface area (Å²) in [5.74, 6) is -0.298. The lowest BCUT2D eigenvalue weighted by molar-refractivity contribution is 0.108. The van der Waals surface area contributed by atoms with Crippen molar-refractivity contribution in [2.24, 2.45) is 0 Å². The van der Waals surface area contributed by atoms with Crippen molar-refractivity contribution in [3.63, 3.8) is 0 Å². The van der Waals surface area contributed by atoms with E-state index in [0.717, 1.165) is 0 Å². The van der Waals surface area contributed by atoms with E-state index >= 15 is 0 Å². The molecule has 0 radical (unpaired) electrons. The summed E-state index contributed by atoms with van der Waals surface area (Å²) < 4.78 is 0. The maximum atomic E-state index is 11.0. The van der Waals surface area contributed by atoms with Gasteiger partial charge in [0, 0.05) is 0 Å². The van der Waals surface area contributed by atoms with Crippen LogP contribution in [0.25, 0.3) is 0 Å². The van der Waals surface area contributed by atoms with Crippen molar-refractivity contribution in [2.45, 2.75) is 19.3 Å². The molecule has 0 saturated carbocycles. The van der Waals surface area contributed by atoms with Gasteiger partial charge in [-0.25, -0.2) is 0 Å². The summed E-state index contributed by atoms with van der Waals surface area (Å²) in [7, 11) is 0. The fourth-order valence-corrected chi connectivity index (χ4v) is 1.90. The van der Waals surface area contributed by atoms with Crippen LogP contribution in [0.3, 0.4) is 0 Å². The van der Waals surface area contributed by atoms with Gasteiger partial charge in [-0.3, -0.25) is 4.79 Å². The van der Waals surface area contributed by atoms with Gasteiger partial charge in [-0.1, -0.05) is 30.7 Å². The Kier molecular flexibility index (Phi) is 4.14. The summed E-state index contributed by atoms with van der Waals surface area (Å²) in [5.41, 5.74) is 0.915. The van der Waals surface area contributed by atoms with E-state index in [9.17, 15) is 4.79 Å². The number of carbonyl (C=O) groups is 1. The van der Waals surface area contributed by atoms with Gasteiger partial charge < -0.3 is 0 Å². The molecule has 0 N–H and O–H groups in total. The molecule has 1 aromatic rings. The van der Waals surface area contributed by atoms with Crippen LogP contribution in [-0.2, 0) is 0 Å². The molecule has 4 heteroatoms. The number of rotatable bonds is 3. The number of nitriles is 1. The van der Waals surface area contributed by atoms with Crippen LogP contribution >= 0.6 is 23.2 Å². The summed E-state index contributed by atoms with van der Waals surface area (Å²) in [6, 6.07) is 7.10. The molecular weight excluding hydrogens is 233 g/mol. The first-order chi connectivity index (χ1) is 7.11. The summed E-state index contributed by atoms with van der Waals surface area (Å²) in [4.78, 5) is 11.0. The molecular formula is C11H9Cl2NO. The van der Waals surface area contributed by atoms with Crippen molar-refractivity contribution >= 4 is 28.4 Å². The number of hydrogen-bond acceptors (Lipinski definition) is 2. The molecule has 1 atom stereocenters. The SMILES string of the molecule is CCC(C#N)c1cccc(C(=O)Cl)c1Cl. The highest BCUT2D eigenvalue weighted by Crippen LogP contribution is 2.30. The lowest BCUT2D eigenvalue weighted by Gasteiger charge is -2.10. The van der Waals surface area contributed by atoms with Crippen molar-refractivity contribution in [3.05, 3.63) is 34.3 Å². The van der Waals surface area contributed by atoms with Crippen molar-refractivity contribution in [3.8, 4) is 6.07 Å². The molecule has 0 fully saturated rings. The van der Waals surface area contributed by atoms with E-state index in [1.807, 2.05) is 6.92 Å². The Balaban J connectivity index is 3.27. The molecule has 78 valence electrons. The summed E-state index contributed by atoms with van der Waals surface area (Å²) in [6.07, 6.45) is 0.649. The Labute approximate surface area is 98.4 Å². The van der Waals surface area contributed by atoms with Crippen molar-refractivity contribution < 1.29 is 4.79 Å².